The number of H-pyrrole nitrogens is 1. The van der Waals surface area contributed by atoms with E-state index < -0.39 is 11.3 Å². The summed E-state index contributed by atoms with van der Waals surface area (Å²) in [5.74, 6) is 0.0969. The molecule has 1 aliphatic rings. The second-order valence-electron chi connectivity index (χ2n) is 7.11. The van der Waals surface area contributed by atoms with Crippen molar-refractivity contribution in [1.29, 1.82) is 0 Å². The van der Waals surface area contributed by atoms with Crippen LogP contribution in [0.3, 0.4) is 0 Å². The molecule has 0 bridgehead atoms. The van der Waals surface area contributed by atoms with Crippen molar-refractivity contribution in [3.63, 3.8) is 0 Å². The van der Waals surface area contributed by atoms with E-state index in [1.807, 2.05) is 54.6 Å². The molecule has 0 aliphatic heterocycles. The minimum absolute atomic E-state index is 0.196. The molecule has 7 heteroatoms. The summed E-state index contributed by atoms with van der Waals surface area (Å²) in [7, 11) is 1.60. The van der Waals surface area contributed by atoms with Gasteiger partial charge in [0.15, 0.2) is 0 Å². The molecular formula is C22H22N4O3. The molecule has 1 heterocycles. The number of nitrogens with one attached hydrogen (secondary N) is 3. The largest absolute Gasteiger partial charge is 0.497 e. The second kappa shape index (κ2) is 7.79. The third-order valence-corrected chi connectivity index (χ3v) is 5.47. The van der Waals surface area contributed by atoms with Crippen molar-refractivity contribution in [3.8, 4) is 17.0 Å². The van der Waals surface area contributed by atoms with Crippen molar-refractivity contribution in [3.05, 3.63) is 71.9 Å². The summed E-state index contributed by atoms with van der Waals surface area (Å²) < 4.78 is 5.14. The summed E-state index contributed by atoms with van der Waals surface area (Å²) in [5, 5.41) is 6.88. The molecule has 0 saturated heterocycles. The Balaban J connectivity index is 1.41. The number of carbonyl (C=O) groups is 2. The fourth-order valence-corrected chi connectivity index (χ4v) is 3.58. The van der Waals surface area contributed by atoms with Gasteiger partial charge in [0.25, 0.3) is 5.91 Å². The maximum atomic E-state index is 12.8. The normalized spacial score (nSPS) is 14.5. The zero-order chi connectivity index (χ0) is 20.3. The number of aromatic amines is 1. The van der Waals surface area contributed by atoms with Crippen molar-refractivity contribution >= 4 is 11.8 Å². The number of hydrogen-bond acceptors (Lipinski definition) is 4. The first-order valence-electron chi connectivity index (χ1n) is 9.48. The predicted octanol–water partition coefficient (Wildman–Crippen LogP) is 2.97. The molecule has 1 aliphatic carbocycles. The van der Waals surface area contributed by atoms with Gasteiger partial charge in [-0.2, -0.15) is 5.10 Å². The lowest BCUT2D eigenvalue weighted by Crippen LogP contribution is -2.54. The van der Waals surface area contributed by atoms with Gasteiger partial charge in [-0.25, -0.2) is 0 Å². The number of aromatic nitrogens is 2. The smallest absolute Gasteiger partial charge is 0.287 e. The van der Waals surface area contributed by atoms with Crippen LogP contribution in [0.1, 0.15) is 35.3 Å². The van der Waals surface area contributed by atoms with Crippen LogP contribution in [0.15, 0.2) is 60.7 Å². The Kier molecular flexibility index (Phi) is 5.03. The topological polar surface area (TPSA) is 96.1 Å². The SMILES string of the molecule is COc1ccc(-c2cc(C(=O)NNC(=O)C3(c4ccccc4)CCC3)[nH]n2)cc1. The molecule has 7 nitrogen and oxygen atoms in total. The minimum Gasteiger partial charge on any atom is -0.497 e. The Morgan fingerprint density at radius 2 is 1.76 bits per heavy atom. The van der Waals surface area contributed by atoms with Gasteiger partial charge < -0.3 is 4.74 Å². The number of rotatable bonds is 5. The van der Waals surface area contributed by atoms with Crippen LogP contribution in [-0.4, -0.2) is 29.1 Å². The molecule has 2 aromatic carbocycles. The van der Waals surface area contributed by atoms with E-state index >= 15 is 0 Å². The molecule has 2 amide bonds. The molecule has 1 saturated carbocycles. The Bertz CT molecular complexity index is 1010. The highest BCUT2D eigenvalue weighted by Gasteiger charge is 2.45. The van der Waals surface area contributed by atoms with E-state index in [1.165, 1.54) is 0 Å². The summed E-state index contributed by atoms with van der Waals surface area (Å²) in [4.78, 5) is 25.3. The lowest BCUT2D eigenvalue weighted by atomic mass is 9.64. The minimum atomic E-state index is -0.573. The number of hydrazine groups is 1. The quantitative estimate of drug-likeness (QED) is 0.584. The summed E-state index contributed by atoms with van der Waals surface area (Å²) in [5.41, 5.74) is 7.22. The summed E-state index contributed by atoms with van der Waals surface area (Å²) in [6, 6.07) is 18.7. The highest BCUT2D eigenvalue weighted by Crippen LogP contribution is 2.43. The first-order valence-corrected chi connectivity index (χ1v) is 9.48. The van der Waals surface area contributed by atoms with E-state index in [-0.39, 0.29) is 11.6 Å². The average Bonchev–Trinajstić information content (AvgIpc) is 3.22. The Morgan fingerprint density at radius 3 is 2.38 bits per heavy atom. The summed E-state index contributed by atoms with van der Waals surface area (Å²) in [6.07, 6.45) is 2.52. The Morgan fingerprint density at radius 1 is 1.03 bits per heavy atom. The van der Waals surface area contributed by atoms with Gasteiger partial charge in [0.1, 0.15) is 11.4 Å². The maximum Gasteiger partial charge on any atom is 0.287 e. The van der Waals surface area contributed by atoms with Crippen LogP contribution in [0, 0.1) is 0 Å². The zero-order valence-electron chi connectivity index (χ0n) is 16.1. The number of benzene rings is 2. The molecule has 0 radical (unpaired) electrons. The number of amides is 2. The fourth-order valence-electron chi connectivity index (χ4n) is 3.58. The first kappa shape index (κ1) is 18.7. The monoisotopic (exact) mass is 390 g/mol. The third-order valence-electron chi connectivity index (χ3n) is 5.47. The fraction of sp³-hybridized carbons (Fsp3) is 0.227. The molecule has 1 aromatic heterocycles. The van der Waals surface area contributed by atoms with Crippen LogP contribution in [0.25, 0.3) is 11.3 Å². The van der Waals surface area contributed by atoms with E-state index in [0.29, 0.717) is 5.69 Å². The molecular weight excluding hydrogens is 368 g/mol. The number of hydrogen-bond donors (Lipinski definition) is 3. The van der Waals surface area contributed by atoms with Gasteiger partial charge in [0.05, 0.1) is 18.2 Å². The van der Waals surface area contributed by atoms with Crippen LogP contribution in [-0.2, 0) is 10.2 Å². The van der Waals surface area contributed by atoms with Gasteiger partial charge >= 0.3 is 0 Å². The number of methoxy groups -OCH3 is 1. The molecule has 148 valence electrons. The van der Waals surface area contributed by atoms with Crippen molar-refractivity contribution in [2.75, 3.05) is 7.11 Å². The van der Waals surface area contributed by atoms with Crippen LogP contribution in [0.2, 0.25) is 0 Å². The van der Waals surface area contributed by atoms with Crippen molar-refractivity contribution in [2.45, 2.75) is 24.7 Å². The summed E-state index contributed by atoms with van der Waals surface area (Å²) >= 11 is 0. The Labute approximate surface area is 168 Å². The molecule has 4 rings (SSSR count). The molecule has 3 aromatic rings. The molecule has 3 N–H and O–H groups in total. The van der Waals surface area contributed by atoms with Gasteiger partial charge in [-0.05, 0) is 48.7 Å². The first-order chi connectivity index (χ1) is 14.1. The van der Waals surface area contributed by atoms with Crippen LogP contribution >= 0.6 is 0 Å². The molecule has 29 heavy (non-hydrogen) atoms. The molecule has 0 atom stereocenters. The second-order valence-corrected chi connectivity index (χ2v) is 7.11. The van der Waals surface area contributed by atoms with Gasteiger partial charge in [-0.15, -0.1) is 0 Å². The summed E-state index contributed by atoms with van der Waals surface area (Å²) in [6.45, 7) is 0. The van der Waals surface area contributed by atoms with Gasteiger partial charge in [0.2, 0.25) is 5.91 Å². The van der Waals surface area contributed by atoms with Crippen LogP contribution in [0.5, 0.6) is 5.75 Å². The van der Waals surface area contributed by atoms with E-state index in [1.54, 1.807) is 13.2 Å². The third kappa shape index (κ3) is 3.59. The average molecular weight is 390 g/mol. The van der Waals surface area contributed by atoms with Crippen molar-refractivity contribution in [1.82, 2.24) is 21.0 Å². The molecule has 1 fully saturated rings. The molecule has 0 unspecified atom stereocenters. The number of carbonyl (C=O) groups excluding carboxylic acids is 2. The van der Waals surface area contributed by atoms with Gasteiger partial charge in [-0.1, -0.05) is 36.8 Å². The highest BCUT2D eigenvalue weighted by molar-refractivity contribution is 5.96. The highest BCUT2D eigenvalue weighted by atomic mass is 16.5. The van der Waals surface area contributed by atoms with E-state index in [2.05, 4.69) is 21.0 Å². The van der Waals surface area contributed by atoms with Crippen LogP contribution in [0.4, 0.5) is 0 Å². The standard InChI is InChI=1S/C22H22N4O3/c1-29-17-10-8-15(9-11-17)18-14-19(24-23-18)20(27)25-26-21(28)22(12-5-13-22)16-6-3-2-4-7-16/h2-4,6-11,14H,5,12-13H2,1H3,(H,23,24)(H,25,27)(H,26,28). The van der Waals surface area contributed by atoms with Crippen molar-refractivity contribution < 1.29 is 14.3 Å². The van der Waals surface area contributed by atoms with Gasteiger partial charge in [0, 0.05) is 5.56 Å². The van der Waals surface area contributed by atoms with Crippen molar-refractivity contribution in [2.24, 2.45) is 0 Å². The zero-order valence-corrected chi connectivity index (χ0v) is 16.1. The number of nitrogens with zero attached hydrogens (tertiary/aromatic N) is 1. The van der Waals surface area contributed by atoms with Gasteiger partial charge in [-0.3, -0.25) is 25.5 Å². The Hall–Kier alpha value is -3.61. The lowest BCUT2D eigenvalue weighted by molar-refractivity contribution is -0.130. The lowest BCUT2D eigenvalue weighted by Gasteiger charge is -2.40. The number of ether oxygens (including phenoxy) is 1. The van der Waals surface area contributed by atoms with Crippen LogP contribution < -0.4 is 15.6 Å². The predicted molar refractivity (Wildman–Crippen MR) is 108 cm³/mol. The van der Waals surface area contributed by atoms with E-state index in [9.17, 15) is 9.59 Å². The van der Waals surface area contributed by atoms with E-state index in [0.717, 1.165) is 36.1 Å². The van der Waals surface area contributed by atoms with E-state index in [4.69, 9.17) is 4.74 Å². The molecule has 0 spiro atoms. The maximum absolute atomic E-state index is 12.8.